The van der Waals surface area contributed by atoms with Crippen molar-refractivity contribution < 1.29 is 9.53 Å². The van der Waals surface area contributed by atoms with Crippen LogP contribution in [0.3, 0.4) is 0 Å². The summed E-state index contributed by atoms with van der Waals surface area (Å²) in [6.07, 6.45) is 3.00. The molecule has 1 saturated heterocycles. The van der Waals surface area contributed by atoms with E-state index in [0.29, 0.717) is 24.0 Å². The van der Waals surface area contributed by atoms with Crippen LogP contribution >= 0.6 is 11.6 Å². The molecule has 6 nitrogen and oxygen atoms in total. The molecule has 0 radical (unpaired) electrons. The lowest BCUT2D eigenvalue weighted by Crippen LogP contribution is -2.57. The van der Waals surface area contributed by atoms with Gasteiger partial charge in [-0.05, 0) is 18.2 Å². The van der Waals surface area contributed by atoms with Crippen LogP contribution < -0.4 is 10.3 Å². The fourth-order valence-electron chi connectivity index (χ4n) is 2.21. The van der Waals surface area contributed by atoms with E-state index in [2.05, 4.69) is 4.98 Å². The summed E-state index contributed by atoms with van der Waals surface area (Å²) in [6.45, 7) is 0.863. The first kappa shape index (κ1) is 14.6. The van der Waals surface area contributed by atoms with Crippen molar-refractivity contribution in [1.82, 2.24) is 14.5 Å². The highest BCUT2D eigenvalue weighted by Gasteiger charge is 2.34. The van der Waals surface area contributed by atoms with Gasteiger partial charge in [0.15, 0.2) is 0 Å². The molecule has 0 aromatic carbocycles. The van der Waals surface area contributed by atoms with Crippen LogP contribution in [0.25, 0.3) is 0 Å². The zero-order valence-corrected chi connectivity index (χ0v) is 12.7. The summed E-state index contributed by atoms with van der Waals surface area (Å²) in [4.78, 5) is 29.8. The number of carbonyl (C=O) groups is 1. The van der Waals surface area contributed by atoms with Crippen molar-refractivity contribution >= 4 is 17.5 Å². The highest BCUT2D eigenvalue weighted by molar-refractivity contribution is 6.30. The van der Waals surface area contributed by atoms with Gasteiger partial charge in [0.25, 0.3) is 11.5 Å². The minimum absolute atomic E-state index is 0.120. The topological polar surface area (TPSA) is 64.4 Å². The molecule has 7 heteroatoms. The van der Waals surface area contributed by atoms with E-state index in [1.807, 2.05) is 0 Å². The van der Waals surface area contributed by atoms with Gasteiger partial charge in [0, 0.05) is 25.5 Å². The van der Waals surface area contributed by atoms with Gasteiger partial charge >= 0.3 is 0 Å². The number of amides is 1. The van der Waals surface area contributed by atoms with Crippen molar-refractivity contribution in [3.63, 3.8) is 0 Å². The summed E-state index contributed by atoms with van der Waals surface area (Å²) in [5.74, 6) is 0.197. The van der Waals surface area contributed by atoms with E-state index >= 15 is 0 Å². The molecular weight excluding hydrogens is 306 g/mol. The summed E-state index contributed by atoms with van der Waals surface area (Å²) in [7, 11) is 1.62. The Morgan fingerprint density at radius 2 is 2.14 bits per heavy atom. The van der Waals surface area contributed by atoms with E-state index in [0.717, 1.165) is 0 Å². The van der Waals surface area contributed by atoms with Gasteiger partial charge in [0.05, 0.1) is 18.1 Å². The first-order valence-corrected chi connectivity index (χ1v) is 7.15. The largest absolute Gasteiger partial charge is 0.471 e. The molecule has 2 aromatic heterocycles. The first-order chi connectivity index (χ1) is 10.5. The predicted octanol–water partition coefficient (Wildman–Crippen LogP) is 1.34. The lowest BCUT2D eigenvalue weighted by Gasteiger charge is -2.38. The van der Waals surface area contributed by atoms with Gasteiger partial charge in [-0.15, -0.1) is 0 Å². The van der Waals surface area contributed by atoms with Crippen molar-refractivity contribution in [2.45, 2.75) is 6.10 Å². The third kappa shape index (κ3) is 2.82. The number of pyridine rings is 2. The molecule has 0 unspecified atom stereocenters. The van der Waals surface area contributed by atoms with Crippen molar-refractivity contribution in [1.29, 1.82) is 0 Å². The van der Waals surface area contributed by atoms with E-state index < -0.39 is 0 Å². The SMILES string of the molecule is Cn1cccc(C(=O)N2CC(Oc3ccc(Cl)cn3)C2)c1=O. The van der Waals surface area contributed by atoms with Crippen molar-refractivity contribution in [3.05, 3.63) is 57.6 Å². The number of rotatable bonds is 3. The van der Waals surface area contributed by atoms with E-state index in [9.17, 15) is 9.59 Å². The molecule has 1 aliphatic rings. The Hall–Kier alpha value is -2.34. The number of carbonyl (C=O) groups excluding carboxylic acids is 1. The first-order valence-electron chi connectivity index (χ1n) is 6.78. The predicted molar refractivity (Wildman–Crippen MR) is 81.2 cm³/mol. The molecule has 0 bridgehead atoms. The van der Waals surface area contributed by atoms with Crippen molar-refractivity contribution in [3.8, 4) is 5.88 Å². The van der Waals surface area contributed by atoms with Crippen molar-refractivity contribution in [2.24, 2.45) is 7.05 Å². The molecule has 2 aromatic rings. The molecule has 0 N–H and O–H groups in total. The van der Waals surface area contributed by atoms with E-state index in [4.69, 9.17) is 16.3 Å². The number of hydrogen-bond acceptors (Lipinski definition) is 4. The molecule has 3 rings (SSSR count). The molecule has 1 fully saturated rings. The van der Waals surface area contributed by atoms with Crippen LogP contribution in [-0.4, -0.2) is 39.6 Å². The number of aryl methyl sites for hydroxylation is 1. The Kier molecular flexibility index (Phi) is 3.85. The molecule has 22 heavy (non-hydrogen) atoms. The highest BCUT2D eigenvalue weighted by atomic mass is 35.5. The quantitative estimate of drug-likeness (QED) is 0.856. The van der Waals surface area contributed by atoms with Crippen LogP contribution in [0.1, 0.15) is 10.4 Å². The molecule has 3 heterocycles. The minimum atomic E-state index is -0.295. The summed E-state index contributed by atoms with van der Waals surface area (Å²) in [5.41, 5.74) is -0.121. The second-order valence-electron chi connectivity index (χ2n) is 5.10. The highest BCUT2D eigenvalue weighted by Crippen LogP contribution is 2.18. The van der Waals surface area contributed by atoms with Crippen LogP contribution in [-0.2, 0) is 7.05 Å². The Morgan fingerprint density at radius 3 is 2.82 bits per heavy atom. The summed E-state index contributed by atoms with van der Waals surface area (Å²) >= 11 is 5.75. The molecule has 0 aliphatic carbocycles. The van der Waals surface area contributed by atoms with Gasteiger partial charge in [0.1, 0.15) is 11.7 Å². The zero-order chi connectivity index (χ0) is 15.7. The lowest BCUT2D eigenvalue weighted by molar-refractivity contribution is 0.0158. The molecule has 1 aliphatic heterocycles. The Labute approximate surface area is 131 Å². The fourth-order valence-corrected chi connectivity index (χ4v) is 2.32. The number of hydrogen-bond donors (Lipinski definition) is 0. The molecule has 0 spiro atoms. The lowest BCUT2D eigenvalue weighted by atomic mass is 10.1. The molecule has 0 saturated carbocycles. The zero-order valence-electron chi connectivity index (χ0n) is 11.9. The van der Waals surface area contributed by atoms with Crippen LogP contribution in [0.5, 0.6) is 5.88 Å². The summed E-state index contributed by atoms with van der Waals surface area (Å²) in [5, 5.41) is 0.540. The Balaban J connectivity index is 1.61. The van der Waals surface area contributed by atoms with E-state index in [1.165, 1.54) is 10.8 Å². The van der Waals surface area contributed by atoms with Crippen LogP contribution in [0.4, 0.5) is 0 Å². The second kappa shape index (κ2) is 5.81. The van der Waals surface area contributed by atoms with Gasteiger partial charge in [-0.1, -0.05) is 11.6 Å². The number of halogens is 1. The molecule has 1 amide bonds. The van der Waals surface area contributed by atoms with Gasteiger partial charge in [-0.3, -0.25) is 9.59 Å². The second-order valence-corrected chi connectivity index (χ2v) is 5.54. The molecule has 114 valence electrons. The van der Waals surface area contributed by atoms with E-state index in [1.54, 1.807) is 42.4 Å². The van der Waals surface area contributed by atoms with Gasteiger partial charge in [0.2, 0.25) is 5.88 Å². The number of nitrogens with zero attached hydrogens (tertiary/aromatic N) is 3. The maximum atomic E-state index is 12.3. The standard InChI is InChI=1S/C15H14ClN3O3/c1-18-6-2-3-12(14(18)20)15(21)19-8-11(9-19)22-13-5-4-10(16)7-17-13/h2-7,11H,8-9H2,1H3. The number of ether oxygens (including phenoxy) is 1. The maximum Gasteiger partial charge on any atom is 0.263 e. The average molecular weight is 320 g/mol. The minimum Gasteiger partial charge on any atom is -0.471 e. The average Bonchev–Trinajstić information content (AvgIpc) is 2.46. The van der Waals surface area contributed by atoms with Crippen molar-refractivity contribution in [2.75, 3.05) is 13.1 Å². The van der Waals surface area contributed by atoms with E-state index in [-0.39, 0.29) is 23.1 Å². The Bertz CT molecular complexity index is 751. The van der Waals surface area contributed by atoms with Gasteiger partial charge in [-0.25, -0.2) is 4.98 Å². The summed E-state index contributed by atoms with van der Waals surface area (Å²) < 4.78 is 7.02. The third-order valence-electron chi connectivity index (χ3n) is 3.48. The summed E-state index contributed by atoms with van der Waals surface area (Å²) in [6, 6.07) is 6.60. The van der Waals surface area contributed by atoms with Gasteiger partial charge in [-0.2, -0.15) is 0 Å². The maximum absolute atomic E-state index is 12.3. The molecule has 0 atom stereocenters. The smallest absolute Gasteiger partial charge is 0.263 e. The molecular formula is C15H14ClN3O3. The fraction of sp³-hybridized carbons (Fsp3) is 0.267. The number of aromatic nitrogens is 2. The van der Waals surface area contributed by atoms with Crippen LogP contribution in [0, 0.1) is 0 Å². The third-order valence-corrected chi connectivity index (χ3v) is 3.70. The normalized spacial score (nSPS) is 14.5. The van der Waals surface area contributed by atoms with Crippen LogP contribution in [0.2, 0.25) is 5.02 Å². The number of likely N-dealkylation sites (tertiary alicyclic amines) is 1. The Morgan fingerprint density at radius 1 is 1.36 bits per heavy atom. The van der Waals surface area contributed by atoms with Crippen LogP contribution in [0.15, 0.2) is 41.5 Å². The monoisotopic (exact) mass is 319 g/mol. The van der Waals surface area contributed by atoms with Gasteiger partial charge < -0.3 is 14.2 Å².